The van der Waals surface area contributed by atoms with Crippen LogP contribution in [0.5, 0.6) is 11.5 Å². The number of aromatic nitrogens is 3. The van der Waals surface area contributed by atoms with E-state index in [0.717, 1.165) is 11.4 Å². The number of aryl methyl sites for hydroxylation is 1. The Hall–Kier alpha value is -3.35. The number of ether oxygens (including phenoxy) is 2. The van der Waals surface area contributed by atoms with E-state index >= 15 is 0 Å². The summed E-state index contributed by atoms with van der Waals surface area (Å²) in [6.07, 6.45) is 1.55. The Kier molecular flexibility index (Phi) is 4.94. The molecule has 128 valence electrons. The van der Waals surface area contributed by atoms with Crippen molar-refractivity contribution in [2.45, 2.75) is 6.92 Å². The van der Waals surface area contributed by atoms with Crippen molar-refractivity contribution < 1.29 is 9.47 Å². The van der Waals surface area contributed by atoms with E-state index in [4.69, 9.17) is 9.47 Å². The molecule has 2 N–H and O–H groups in total. The smallest absolute Gasteiger partial charge is 0.249 e. The number of benzene rings is 2. The summed E-state index contributed by atoms with van der Waals surface area (Å²) < 4.78 is 10.6. The van der Waals surface area contributed by atoms with Gasteiger partial charge in [0.2, 0.25) is 5.95 Å². The largest absolute Gasteiger partial charge is 0.497 e. The predicted molar refractivity (Wildman–Crippen MR) is 97.1 cm³/mol. The van der Waals surface area contributed by atoms with Crippen molar-refractivity contribution in [3.63, 3.8) is 0 Å². The van der Waals surface area contributed by atoms with Crippen LogP contribution in [-0.2, 0) is 0 Å². The molecule has 3 aromatic rings. The van der Waals surface area contributed by atoms with Gasteiger partial charge in [-0.2, -0.15) is 10.1 Å². The third kappa shape index (κ3) is 4.14. The number of rotatable bonds is 6. The van der Waals surface area contributed by atoms with Crippen molar-refractivity contribution in [1.82, 2.24) is 15.2 Å². The van der Waals surface area contributed by atoms with Crippen LogP contribution in [-0.4, -0.2) is 29.4 Å². The molecule has 7 nitrogen and oxygen atoms in total. The summed E-state index contributed by atoms with van der Waals surface area (Å²) in [6.45, 7) is 2.04. The first-order valence-corrected chi connectivity index (χ1v) is 7.70. The Labute approximate surface area is 146 Å². The van der Waals surface area contributed by atoms with Crippen LogP contribution < -0.4 is 20.1 Å². The molecule has 7 heteroatoms. The van der Waals surface area contributed by atoms with Gasteiger partial charge in [-0.05, 0) is 31.2 Å². The van der Waals surface area contributed by atoms with Crippen LogP contribution in [0.3, 0.4) is 0 Å². The fourth-order valence-electron chi connectivity index (χ4n) is 2.22. The Morgan fingerprint density at radius 2 is 1.72 bits per heavy atom. The molecule has 0 fully saturated rings. The van der Waals surface area contributed by atoms with E-state index in [1.54, 1.807) is 26.5 Å². The average molecular weight is 337 g/mol. The van der Waals surface area contributed by atoms with Crippen molar-refractivity contribution in [3.8, 4) is 11.5 Å². The van der Waals surface area contributed by atoms with Crippen molar-refractivity contribution in [2.75, 3.05) is 24.9 Å². The van der Waals surface area contributed by atoms with Gasteiger partial charge in [0.15, 0.2) is 5.82 Å². The molecule has 0 unspecified atom stereocenters. The molecule has 0 atom stereocenters. The lowest BCUT2D eigenvalue weighted by Crippen LogP contribution is -2.03. The Morgan fingerprint density at radius 3 is 2.44 bits per heavy atom. The molecule has 0 saturated carbocycles. The van der Waals surface area contributed by atoms with Gasteiger partial charge in [-0.3, -0.25) is 0 Å². The summed E-state index contributed by atoms with van der Waals surface area (Å²) in [6, 6.07) is 13.4. The molecule has 25 heavy (non-hydrogen) atoms. The Bertz CT molecular complexity index is 852. The summed E-state index contributed by atoms with van der Waals surface area (Å²) in [5, 5.41) is 14.3. The number of anilines is 4. The van der Waals surface area contributed by atoms with Gasteiger partial charge in [0, 0.05) is 11.8 Å². The zero-order valence-corrected chi connectivity index (χ0v) is 14.3. The summed E-state index contributed by atoms with van der Waals surface area (Å²) >= 11 is 0. The second kappa shape index (κ2) is 7.48. The molecule has 1 aromatic heterocycles. The van der Waals surface area contributed by atoms with Crippen LogP contribution >= 0.6 is 0 Å². The number of methoxy groups -OCH3 is 2. The van der Waals surface area contributed by atoms with Crippen LogP contribution in [0.4, 0.5) is 23.1 Å². The summed E-state index contributed by atoms with van der Waals surface area (Å²) in [4.78, 5) is 4.42. The third-order valence-corrected chi connectivity index (χ3v) is 3.54. The van der Waals surface area contributed by atoms with Gasteiger partial charge in [0.25, 0.3) is 0 Å². The topological polar surface area (TPSA) is 81.2 Å². The van der Waals surface area contributed by atoms with E-state index in [1.807, 2.05) is 43.3 Å². The van der Waals surface area contributed by atoms with E-state index in [9.17, 15) is 0 Å². The van der Waals surface area contributed by atoms with Crippen LogP contribution in [0.1, 0.15) is 5.56 Å². The minimum absolute atomic E-state index is 0.404. The highest BCUT2D eigenvalue weighted by Gasteiger charge is 2.07. The molecule has 3 rings (SSSR count). The van der Waals surface area contributed by atoms with Crippen LogP contribution in [0.25, 0.3) is 0 Å². The zero-order valence-electron chi connectivity index (χ0n) is 14.3. The van der Waals surface area contributed by atoms with Gasteiger partial charge in [-0.25, -0.2) is 0 Å². The normalized spacial score (nSPS) is 10.2. The SMILES string of the molecule is COc1ccc(Nc2cnnc(Nc3ccc(C)cc3)n2)c(OC)c1. The monoisotopic (exact) mass is 337 g/mol. The second-order valence-corrected chi connectivity index (χ2v) is 5.35. The lowest BCUT2D eigenvalue weighted by Gasteiger charge is -2.12. The van der Waals surface area contributed by atoms with Gasteiger partial charge in [-0.15, -0.1) is 5.10 Å². The highest BCUT2D eigenvalue weighted by molar-refractivity contribution is 5.66. The van der Waals surface area contributed by atoms with E-state index < -0.39 is 0 Å². The van der Waals surface area contributed by atoms with Crippen LogP contribution in [0.2, 0.25) is 0 Å². The molecular formula is C18H19N5O2. The van der Waals surface area contributed by atoms with Crippen molar-refractivity contribution >= 4 is 23.1 Å². The molecule has 0 aliphatic heterocycles. The van der Waals surface area contributed by atoms with E-state index in [2.05, 4.69) is 25.8 Å². The van der Waals surface area contributed by atoms with Crippen molar-refractivity contribution in [1.29, 1.82) is 0 Å². The van der Waals surface area contributed by atoms with Gasteiger partial charge < -0.3 is 20.1 Å². The number of hydrogen-bond donors (Lipinski definition) is 2. The van der Waals surface area contributed by atoms with Gasteiger partial charge in [-0.1, -0.05) is 17.7 Å². The molecule has 0 radical (unpaired) electrons. The molecule has 0 aliphatic carbocycles. The highest BCUT2D eigenvalue weighted by atomic mass is 16.5. The quantitative estimate of drug-likeness (QED) is 0.710. The lowest BCUT2D eigenvalue weighted by atomic mass is 10.2. The zero-order chi connectivity index (χ0) is 17.6. The first-order chi connectivity index (χ1) is 12.2. The molecule has 1 heterocycles. The summed E-state index contributed by atoms with van der Waals surface area (Å²) in [7, 11) is 3.21. The molecule has 0 amide bonds. The fraction of sp³-hybridized carbons (Fsp3) is 0.167. The van der Waals surface area contributed by atoms with Gasteiger partial charge >= 0.3 is 0 Å². The van der Waals surface area contributed by atoms with Gasteiger partial charge in [0.1, 0.15) is 11.5 Å². The fourth-order valence-corrected chi connectivity index (χ4v) is 2.22. The lowest BCUT2D eigenvalue weighted by molar-refractivity contribution is 0.395. The maximum atomic E-state index is 5.38. The summed E-state index contributed by atoms with van der Waals surface area (Å²) in [5.74, 6) is 2.31. The van der Waals surface area contributed by atoms with E-state index in [1.165, 1.54) is 5.56 Å². The predicted octanol–water partition coefficient (Wildman–Crippen LogP) is 3.68. The first kappa shape index (κ1) is 16.5. The first-order valence-electron chi connectivity index (χ1n) is 7.70. The molecule has 0 saturated heterocycles. The number of nitrogens with zero attached hydrogens (tertiary/aromatic N) is 3. The minimum atomic E-state index is 0.404. The van der Waals surface area contributed by atoms with E-state index in [-0.39, 0.29) is 0 Å². The average Bonchev–Trinajstić information content (AvgIpc) is 2.64. The molecule has 0 spiro atoms. The number of hydrogen-bond acceptors (Lipinski definition) is 7. The van der Waals surface area contributed by atoms with Crippen LogP contribution in [0.15, 0.2) is 48.7 Å². The Morgan fingerprint density at radius 1 is 0.920 bits per heavy atom. The molecular weight excluding hydrogens is 318 g/mol. The third-order valence-electron chi connectivity index (χ3n) is 3.54. The summed E-state index contributed by atoms with van der Waals surface area (Å²) in [5.41, 5.74) is 2.84. The number of nitrogens with one attached hydrogen (secondary N) is 2. The maximum Gasteiger partial charge on any atom is 0.249 e. The van der Waals surface area contributed by atoms with Crippen molar-refractivity contribution in [2.24, 2.45) is 0 Å². The standard InChI is InChI=1S/C18H19N5O2/c1-12-4-6-13(7-5-12)20-18-22-17(11-19-23-18)21-15-9-8-14(24-2)10-16(15)25-3/h4-11H,1-3H3,(H2,20,21,22,23). The highest BCUT2D eigenvalue weighted by Crippen LogP contribution is 2.31. The molecule has 2 aromatic carbocycles. The maximum absolute atomic E-state index is 5.38. The van der Waals surface area contributed by atoms with Crippen molar-refractivity contribution in [3.05, 3.63) is 54.2 Å². The van der Waals surface area contributed by atoms with Gasteiger partial charge in [0.05, 0.1) is 26.1 Å². The van der Waals surface area contributed by atoms with E-state index in [0.29, 0.717) is 23.3 Å². The Balaban J connectivity index is 1.79. The van der Waals surface area contributed by atoms with Crippen LogP contribution in [0, 0.1) is 6.92 Å². The minimum Gasteiger partial charge on any atom is -0.497 e. The molecule has 0 bridgehead atoms. The molecule has 0 aliphatic rings. The second-order valence-electron chi connectivity index (χ2n) is 5.35.